The smallest absolute Gasteiger partial charge is 0.463 e. The predicted octanol–water partition coefficient (Wildman–Crippen LogP) is 29.8. The van der Waals surface area contributed by atoms with Crippen LogP contribution in [-0.2, 0) is 55.8 Å². The van der Waals surface area contributed by atoms with Gasteiger partial charge >= 0.3 is 33.6 Å². The van der Waals surface area contributed by atoms with E-state index in [9.17, 15) is 43.5 Å². The van der Waals surface area contributed by atoms with E-state index in [4.69, 9.17) is 32.3 Å². The minimum atomic E-state index is -4.95. The topological polar surface area (TPSA) is 231 Å². The highest BCUT2D eigenvalue weighted by atomic mass is 31.2. The number of ether oxygens (including phenoxy) is 3. The van der Waals surface area contributed by atoms with E-state index >= 15 is 0 Å². The Morgan fingerprint density at radius 3 is 0.653 bits per heavy atom. The minimum Gasteiger partial charge on any atom is -0.463 e. The molecule has 0 aliphatic heterocycles. The minimum absolute atomic E-state index is 0.0900. The summed E-state index contributed by atoms with van der Waals surface area (Å²) in [6.45, 7) is 2.37. The lowest BCUT2D eigenvalue weighted by Gasteiger charge is -2.21. The highest BCUT2D eigenvalue weighted by Crippen LogP contribution is 2.45. The molecule has 0 aliphatic carbocycles. The van der Waals surface area contributed by atoms with Crippen molar-refractivity contribution in [1.82, 2.24) is 0 Å². The molecule has 0 saturated heterocycles. The number of phosphoric acid groups is 2. The number of aliphatic hydroxyl groups is 2. The van der Waals surface area contributed by atoms with Gasteiger partial charge in [-0.25, -0.2) is 9.13 Å². The van der Waals surface area contributed by atoms with Crippen LogP contribution < -0.4 is 0 Å². The molecule has 0 fully saturated rings. The monoisotopic (exact) mass is 1730 g/mol. The van der Waals surface area contributed by atoms with Crippen molar-refractivity contribution >= 4 is 33.6 Å². The summed E-state index contributed by atoms with van der Waals surface area (Å²) in [5, 5.41) is 20.8. The van der Waals surface area contributed by atoms with Crippen LogP contribution in [0.4, 0.5) is 0 Å². The summed E-state index contributed by atoms with van der Waals surface area (Å²) < 4.78 is 61.6. The molecule has 0 bridgehead atoms. The first-order valence-corrected chi connectivity index (χ1v) is 50.7. The van der Waals surface area contributed by atoms with E-state index in [0.717, 1.165) is 186 Å². The predicted molar refractivity (Wildman–Crippen MR) is 509 cm³/mol. The van der Waals surface area contributed by atoms with Crippen molar-refractivity contribution < 1.29 is 75.8 Å². The lowest BCUT2D eigenvalue weighted by atomic mass is 10.0. The molecule has 5 atom stereocenters. The molecule has 690 valence electrons. The third-order valence-electron chi connectivity index (χ3n) is 19.8. The van der Waals surface area contributed by atoms with Crippen molar-refractivity contribution in [2.45, 2.75) is 399 Å². The fraction of sp³-hybridized carbons (Fsp3) is 0.660. The van der Waals surface area contributed by atoms with E-state index in [1.54, 1.807) is 0 Å². The van der Waals surface area contributed by atoms with E-state index in [2.05, 4.69) is 215 Å². The zero-order valence-corrected chi connectivity index (χ0v) is 77.9. The Morgan fingerprint density at radius 2 is 0.413 bits per heavy atom. The summed E-state index contributed by atoms with van der Waals surface area (Å²) in [4.78, 5) is 59.1. The van der Waals surface area contributed by atoms with Crippen LogP contribution in [0.25, 0.3) is 0 Å². The highest BCUT2D eigenvalue weighted by molar-refractivity contribution is 7.47. The zero-order valence-electron chi connectivity index (χ0n) is 76.1. The largest absolute Gasteiger partial charge is 0.472 e. The molecule has 0 saturated carbocycles. The van der Waals surface area contributed by atoms with Crippen LogP contribution in [0, 0.1) is 0 Å². The van der Waals surface area contributed by atoms with Gasteiger partial charge in [-0.3, -0.25) is 32.5 Å². The molecule has 18 heteroatoms. The van der Waals surface area contributed by atoms with Crippen molar-refractivity contribution in [1.29, 1.82) is 0 Å². The van der Waals surface area contributed by atoms with Crippen LogP contribution in [0.3, 0.4) is 0 Å². The number of esters is 3. The molecule has 0 aromatic heterocycles. The summed E-state index contributed by atoms with van der Waals surface area (Å²) in [5.74, 6) is -1.58. The SMILES string of the molecule is CC/C=C\C/C=C\C/C=C\C/C=C\C/C=C\C/C=C\CCCCCCCCCCCCC(=O)OCC(COP(=O)(O)OCC(O)COP(=O)(O)OCC(O)COC(=O)CCCCCCCCCCCCCCCCC/C=C\C/C=C\C/C=C\C/C=C\C/C=C\CC)OC(=O)CCCCCCCCCCC/C=C\C/C=C\C/C=C\C/C=C\C/C=C\CC. The van der Waals surface area contributed by atoms with Gasteiger partial charge in [0, 0.05) is 19.3 Å². The maximum Gasteiger partial charge on any atom is 0.472 e. The van der Waals surface area contributed by atoms with Crippen molar-refractivity contribution in [3.8, 4) is 0 Å². The van der Waals surface area contributed by atoms with E-state index in [1.165, 1.54) is 135 Å². The number of allylic oxidation sites excluding steroid dienone is 32. The van der Waals surface area contributed by atoms with Crippen LogP contribution in [0.5, 0.6) is 0 Å². The van der Waals surface area contributed by atoms with Gasteiger partial charge in [0.2, 0.25) is 0 Å². The lowest BCUT2D eigenvalue weighted by molar-refractivity contribution is -0.161. The maximum absolute atomic E-state index is 13.1. The average molecular weight is 1730 g/mol. The Labute approximate surface area is 737 Å². The summed E-state index contributed by atoms with van der Waals surface area (Å²) in [6.07, 6.45) is 125. The number of rotatable bonds is 89. The maximum atomic E-state index is 13.1. The number of hydrogen-bond donors (Lipinski definition) is 4. The number of carbonyl (C=O) groups excluding carboxylic acids is 3. The molecule has 121 heavy (non-hydrogen) atoms. The quantitative estimate of drug-likeness (QED) is 0.0146. The van der Waals surface area contributed by atoms with Crippen molar-refractivity contribution in [3.05, 3.63) is 194 Å². The van der Waals surface area contributed by atoms with Gasteiger partial charge < -0.3 is 34.2 Å². The number of aliphatic hydroxyl groups excluding tert-OH is 2. The first-order valence-electron chi connectivity index (χ1n) is 47.7. The Kier molecular flexibility index (Phi) is 89.2. The van der Waals surface area contributed by atoms with Gasteiger partial charge in [-0.15, -0.1) is 0 Å². The Morgan fingerprint density at radius 1 is 0.231 bits per heavy atom. The van der Waals surface area contributed by atoms with Crippen molar-refractivity contribution in [3.63, 3.8) is 0 Å². The Balaban J connectivity index is 4.65. The van der Waals surface area contributed by atoms with Gasteiger partial charge in [0.1, 0.15) is 25.4 Å². The Bertz CT molecular complexity index is 2980. The summed E-state index contributed by atoms with van der Waals surface area (Å²) in [6, 6.07) is 0. The second-order valence-electron chi connectivity index (χ2n) is 31.4. The Hall–Kier alpha value is -5.61. The van der Waals surface area contributed by atoms with E-state index in [-0.39, 0.29) is 19.3 Å². The lowest BCUT2D eigenvalue weighted by Crippen LogP contribution is -2.30. The second kappa shape index (κ2) is 93.5. The van der Waals surface area contributed by atoms with E-state index < -0.39 is 91.5 Å². The molecule has 0 radical (unpaired) electrons. The fourth-order valence-corrected chi connectivity index (χ4v) is 14.3. The molecule has 16 nitrogen and oxygen atoms in total. The van der Waals surface area contributed by atoms with Crippen molar-refractivity contribution in [2.75, 3.05) is 39.6 Å². The third kappa shape index (κ3) is 94.9. The van der Waals surface area contributed by atoms with Crippen LogP contribution in [0.2, 0.25) is 0 Å². The van der Waals surface area contributed by atoms with Crippen LogP contribution in [0.15, 0.2) is 194 Å². The molecule has 0 heterocycles. The zero-order chi connectivity index (χ0) is 87.9. The normalized spacial score (nSPS) is 14.6. The highest BCUT2D eigenvalue weighted by Gasteiger charge is 2.30. The standard InChI is InChI=1S/C103H172O16P2/c1-4-7-10-13-16-19-22-25-28-31-34-37-40-43-45-47-48-50-52-54-56-59-62-65-68-71-74-77-80-83-86-89-101(106)113-92-98(104)93-115-120(109,110)116-94-99(105)95-117-121(111,112)118-97-100(119-103(108)91-88-85-82-79-76-73-70-67-64-61-58-53-42-39-36-33-30-27-24-21-18-15-12-9-6-3)96-114-102(107)90-87-84-81-78-75-72-69-66-63-60-57-55-51-49-46-44-41-38-35-32-29-26-23-20-17-14-11-8-5-2/h7-12,16-21,25-30,34-39,43-46,51,53,55,58,98-100,104-105H,4-6,13-15,22-24,31-33,40-42,47-50,52,54,56-57,59-97H2,1-3H3,(H,109,110)(H,111,112)/b10-7-,11-8-,12-9-,19-16-,20-17-,21-18-,28-25-,29-26-,30-27-,37-34-,38-35-,39-36-,45-43-,46-44-,55-51-,58-53-. The number of phosphoric ester groups is 2. The first kappa shape index (κ1) is 115. The van der Waals surface area contributed by atoms with Gasteiger partial charge in [-0.2, -0.15) is 0 Å². The van der Waals surface area contributed by atoms with Gasteiger partial charge in [-0.1, -0.05) is 395 Å². The first-order chi connectivity index (χ1) is 59.2. The molecule has 0 amide bonds. The molecular formula is C103H172O16P2. The summed E-state index contributed by atoms with van der Waals surface area (Å²) in [5.41, 5.74) is 0. The molecule has 0 aromatic carbocycles. The number of hydrogen-bond acceptors (Lipinski definition) is 14. The molecule has 0 aromatic rings. The molecule has 5 unspecified atom stereocenters. The van der Waals surface area contributed by atoms with Crippen LogP contribution in [-0.4, -0.2) is 95.9 Å². The molecule has 0 rings (SSSR count). The number of carbonyl (C=O) groups is 3. The average Bonchev–Trinajstić information content (AvgIpc) is 0.873. The van der Waals surface area contributed by atoms with E-state index in [1.807, 2.05) is 0 Å². The van der Waals surface area contributed by atoms with Gasteiger partial charge in [0.15, 0.2) is 6.10 Å². The fourth-order valence-electron chi connectivity index (χ4n) is 12.7. The van der Waals surface area contributed by atoms with Crippen molar-refractivity contribution in [2.24, 2.45) is 0 Å². The molecular weight excluding hydrogens is 1560 g/mol. The number of unbranched alkanes of at least 4 members (excludes halogenated alkanes) is 34. The molecule has 4 N–H and O–H groups in total. The molecule has 0 spiro atoms. The van der Waals surface area contributed by atoms with Gasteiger partial charge in [0.05, 0.1) is 26.4 Å². The third-order valence-corrected chi connectivity index (χ3v) is 21.7. The van der Waals surface area contributed by atoms with Crippen LogP contribution >= 0.6 is 15.6 Å². The van der Waals surface area contributed by atoms with Gasteiger partial charge in [0.25, 0.3) is 0 Å². The second-order valence-corrected chi connectivity index (χ2v) is 34.3. The van der Waals surface area contributed by atoms with Gasteiger partial charge in [-0.05, 0) is 161 Å². The summed E-state index contributed by atoms with van der Waals surface area (Å²) >= 11 is 0. The van der Waals surface area contributed by atoms with Crippen LogP contribution in [0.1, 0.15) is 380 Å². The summed E-state index contributed by atoms with van der Waals surface area (Å²) in [7, 11) is -9.82. The van der Waals surface area contributed by atoms with E-state index in [0.29, 0.717) is 19.3 Å². The molecule has 0 aliphatic rings.